The average molecular weight is 229 g/mol. The zero-order chi connectivity index (χ0) is 8.93. The van der Waals surface area contributed by atoms with E-state index in [2.05, 4.69) is 15.3 Å². The molecule has 2 aromatic rings. The maximum absolute atomic E-state index is 4.22. The molecule has 0 bridgehead atoms. The molecular weight excluding hydrogens is 221 g/mol. The molecule has 3 nitrogen and oxygen atoms in total. The molecule has 1 radical (unpaired) electrons. The largest absolute Gasteiger partial charge is 0.369 e. The van der Waals surface area contributed by atoms with Crippen LogP contribution in [0.4, 0.5) is 11.6 Å². The van der Waals surface area contributed by atoms with Gasteiger partial charge in [-0.1, -0.05) is 24.3 Å². The van der Waals surface area contributed by atoms with Crippen LogP contribution in [-0.4, -0.2) is 9.97 Å². The second-order valence-corrected chi connectivity index (χ2v) is 2.49. The van der Waals surface area contributed by atoms with Gasteiger partial charge in [0.25, 0.3) is 0 Å². The Labute approximate surface area is 92.8 Å². The van der Waals surface area contributed by atoms with E-state index >= 15 is 0 Å². The maximum Gasteiger partial charge on any atom is 0.00952 e. The van der Waals surface area contributed by atoms with Crippen molar-refractivity contribution in [2.75, 3.05) is 0 Å². The molecular formula is C10H8CoN3-. The summed E-state index contributed by atoms with van der Waals surface area (Å²) in [5, 5.41) is 4.22. The molecule has 2 heterocycles. The molecule has 0 N–H and O–H groups in total. The summed E-state index contributed by atoms with van der Waals surface area (Å²) in [4.78, 5) is 8.13. The smallest absolute Gasteiger partial charge is 0.00952 e. The van der Waals surface area contributed by atoms with Gasteiger partial charge in [-0.25, -0.2) is 0 Å². The number of hydrogen-bond donors (Lipinski definition) is 0. The van der Waals surface area contributed by atoms with Crippen molar-refractivity contribution in [2.45, 2.75) is 0 Å². The molecule has 4 heteroatoms. The minimum absolute atomic E-state index is 0. The number of hydrogen-bond acceptors (Lipinski definition) is 2. The fraction of sp³-hybridized carbons (Fsp3) is 0. The summed E-state index contributed by atoms with van der Waals surface area (Å²) in [6.45, 7) is 0. The molecule has 0 unspecified atom stereocenters. The van der Waals surface area contributed by atoms with E-state index in [9.17, 15) is 0 Å². The zero-order valence-corrected chi connectivity index (χ0v) is 8.33. The van der Waals surface area contributed by atoms with Gasteiger partial charge in [0.15, 0.2) is 0 Å². The first-order chi connectivity index (χ1) is 6.45. The molecule has 73 valence electrons. The fourth-order valence-corrected chi connectivity index (χ4v) is 0.957. The summed E-state index contributed by atoms with van der Waals surface area (Å²) in [7, 11) is 0. The predicted octanol–water partition coefficient (Wildman–Crippen LogP) is 2.81. The normalized spacial score (nSPS) is 8.86. The van der Waals surface area contributed by atoms with Gasteiger partial charge in [-0.3, -0.25) is 0 Å². The van der Waals surface area contributed by atoms with E-state index in [1.54, 1.807) is 12.4 Å². The molecule has 0 amide bonds. The average Bonchev–Trinajstić information content (AvgIpc) is 2.21. The van der Waals surface area contributed by atoms with Crippen molar-refractivity contribution in [2.24, 2.45) is 0 Å². The monoisotopic (exact) mass is 229 g/mol. The van der Waals surface area contributed by atoms with E-state index < -0.39 is 0 Å². The third-order valence-electron chi connectivity index (χ3n) is 1.53. The molecule has 2 rings (SSSR count). The van der Waals surface area contributed by atoms with E-state index in [0.717, 1.165) is 0 Å². The summed E-state index contributed by atoms with van der Waals surface area (Å²) in [6.07, 6.45) is 3.42. The van der Waals surface area contributed by atoms with Crippen molar-refractivity contribution in [3.63, 3.8) is 0 Å². The van der Waals surface area contributed by atoms with E-state index in [1.807, 2.05) is 36.4 Å². The topological polar surface area (TPSA) is 39.9 Å². The van der Waals surface area contributed by atoms with Gasteiger partial charge in [0.1, 0.15) is 0 Å². The summed E-state index contributed by atoms with van der Waals surface area (Å²) >= 11 is 0. The molecule has 0 aliphatic rings. The molecule has 0 saturated heterocycles. The Morgan fingerprint density at radius 3 is 1.64 bits per heavy atom. The van der Waals surface area contributed by atoms with Crippen molar-refractivity contribution in [1.29, 1.82) is 0 Å². The van der Waals surface area contributed by atoms with Gasteiger partial charge >= 0.3 is 0 Å². The third-order valence-corrected chi connectivity index (χ3v) is 1.53. The molecule has 0 saturated carbocycles. The Balaban J connectivity index is 0.000000980. The fourth-order valence-electron chi connectivity index (χ4n) is 0.957. The quantitative estimate of drug-likeness (QED) is 0.794. The van der Waals surface area contributed by atoms with Crippen LogP contribution >= 0.6 is 0 Å². The summed E-state index contributed by atoms with van der Waals surface area (Å²) in [5.74, 6) is 1.36. The second kappa shape index (κ2) is 5.36. The Bertz CT molecular complexity index is 326. The van der Waals surface area contributed by atoms with E-state index in [1.165, 1.54) is 0 Å². The van der Waals surface area contributed by atoms with Gasteiger partial charge in [-0.05, 0) is 24.5 Å². The molecule has 2 aromatic heterocycles. The van der Waals surface area contributed by atoms with Crippen molar-refractivity contribution in [3.8, 4) is 0 Å². The molecule has 0 aliphatic carbocycles. The van der Waals surface area contributed by atoms with Crippen molar-refractivity contribution < 1.29 is 16.8 Å². The first-order valence-corrected chi connectivity index (χ1v) is 3.99. The minimum atomic E-state index is 0. The minimum Gasteiger partial charge on any atom is -0.369 e. The standard InChI is InChI=1S/C10H8N3.Co/c1-3-7-11-9(5-1)13-10-6-2-4-8-12-10;/h1-8H;/q-1;. The van der Waals surface area contributed by atoms with Crippen LogP contribution in [0.15, 0.2) is 48.8 Å². The van der Waals surface area contributed by atoms with Crippen molar-refractivity contribution in [1.82, 2.24) is 9.97 Å². The van der Waals surface area contributed by atoms with E-state index in [4.69, 9.17) is 0 Å². The van der Waals surface area contributed by atoms with Crippen LogP contribution < -0.4 is 0 Å². The summed E-state index contributed by atoms with van der Waals surface area (Å²) in [5.41, 5.74) is 0. The first kappa shape index (κ1) is 10.7. The third kappa shape index (κ3) is 2.83. The number of aromatic nitrogens is 2. The van der Waals surface area contributed by atoms with Gasteiger partial charge in [0, 0.05) is 28.4 Å². The molecule has 0 fully saturated rings. The predicted molar refractivity (Wildman–Crippen MR) is 51.2 cm³/mol. The SMILES string of the molecule is [Co].c1ccc([N-]c2ccccn2)nc1. The van der Waals surface area contributed by atoms with Gasteiger partial charge in [-0.15, -0.1) is 0 Å². The second-order valence-electron chi connectivity index (χ2n) is 2.49. The van der Waals surface area contributed by atoms with Crippen LogP contribution in [0.2, 0.25) is 0 Å². The Morgan fingerprint density at radius 2 is 1.29 bits per heavy atom. The zero-order valence-electron chi connectivity index (χ0n) is 7.29. The summed E-state index contributed by atoms with van der Waals surface area (Å²) < 4.78 is 0. The van der Waals surface area contributed by atoms with E-state index in [0.29, 0.717) is 11.6 Å². The van der Waals surface area contributed by atoms with Gasteiger partial charge in [-0.2, -0.15) is 0 Å². The molecule has 14 heavy (non-hydrogen) atoms. The van der Waals surface area contributed by atoms with Crippen LogP contribution in [0.3, 0.4) is 0 Å². The molecule has 0 aromatic carbocycles. The van der Waals surface area contributed by atoms with E-state index in [-0.39, 0.29) is 16.8 Å². The maximum atomic E-state index is 4.22. The van der Waals surface area contributed by atoms with Gasteiger partial charge < -0.3 is 15.3 Å². The van der Waals surface area contributed by atoms with Crippen molar-refractivity contribution >= 4 is 11.6 Å². The Hall–Kier alpha value is -1.39. The van der Waals surface area contributed by atoms with Crippen LogP contribution in [0, 0.1) is 0 Å². The van der Waals surface area contributed by atoms with Crippen LogP contribution in [0.1, 0.15) is 0 Å². The number of rotatable bonds is 2. The molecule has 0 atom stereocenters. The van der Waals surface area contributed by atoms with Crippen molar-refractivity contribution in [3.05, 3.63) is 54.1 Å². The number of pyridine rings is 2. The van der Waals surface area contributed by atoms with Gasteiger partial charge in [0.2, 0.25) is 0 Å². The van der Waals surface area contributed by atoms with Gasteiger partial charge in [0.05, 0.1) is 0 Å². The molecule has 0 spiro atoms. The first-order valence-electron chi connectivity index (χ1n) is 3.99. The Morgan fingerprint density at radius 1 is 0.786 bits per heavy atom. The molecule has 0 aliphatic heterocycles. The Kier molecular flexibility index (Phi) is 4.09. The van der Waals surface area contributed by atoms with Crippen LogP contribution in [0.5, 0.6) is 0 Å². The number of nitrogens with zero attached hydrogens (tertiary/aromatic N) is 3. The van der Waals surface area contributed by atoms with Crippen LogP contribution in [0.25, 0.3) is 5.32 Å². The summed E-state index contributed by atoms with van der Waals surface area (Å²) in [6, 6.07) is 11.2. The van der Waals surface area contributed by atoms with Crippen LogP contribution in [-0.2, 0) is 16.8 Å².